The van der Waals surface area contributed by atoms with E-state index in [-0.39, 0.29) is 23.0 Å². The summed E-state index contributed by atoms with van der Waals surface area (Å²) in [6.45, 7) is 4.11. The van der Waals surface area contributed by atoms with Crippen molar-refractivity contribution in [2.75, 3.05) is 33.1 Å². The maximum absolute atomic E-state index is 14.7. The lowest BCUT2D eigenvalue weighted by molar-refractivity contribution is 0.0780. The van der Waals surface area contributed by atoms with Gasteiger partial charge in [-0.1, -0.05) is 6.92 Å². The van der Waals surface area contributed by atoms with E-state index in [1.807, 2.05) is 6.92 Å². The van der Waals surface area contributed by atoms with Crippen molar-refractivity contribution in [2.45, 2.75) is 26.4 Å². The number of nitrogens with zero attached hydrogens (tertiary/aromatic N) is 3. The van der Waals surface area contributed by atoms with Crippen LogP contribution >= 0.6 is 0 Å². The average Bonchev–Trinajstić information content (AvgIpc) is 3.24. The van der Waals surface area contributed by atoms with E-state index in [0.717, 1.165) is 6.07 Å². The highest BCUT2D eigenvalue weighted by Crippen LogP contribution is 2.35. The van der Waals surface area contributed by atoms with Crippen LogP contribution in [0.15, 0.2) is 42.6 Å². The summed E-state index contributed by atoms with van der Waals surface area (Å²) in [6, 6.07) is 8.85. The number of hydrogen-bond donors (Lipinski definition) is 1. The Morgan fingerprint density at radius 2 is 1.89 bits per heavy atom. The molecular weight excluding hydrogens is 467 g/mol. The van der Waals surface area contributed by atoms with Crippen molar-refractivity contribution in [3.63, 3.8) is 0 Å². The van der Waals surface area contributed by atoms with Crippen LogP contribution in [0.3, 0.4) is 0 Å². The van der Waals surface area contributed by atoms with E-state index >= 15 is 0 Å². The number of ether oxygens (including phenoxy) is 3. The highest BCUT2D eigenvalue weighted by molar-refractivity contribution is 6.04. The van der Waals surface area contributed by atoms with Gasteiger partial charge in [0.15, 0.2) is 5.82 Å². The highest BCUT2D eigenvalue weighted by Gasteiger charge is 2.20. The molecule has 2 amide bonds. The van der Waals surface area contributed by atoms with Crippen LogP contribution in [-0.2, 0) is 11.8 Å². The second-order valence-electron chi connectivity index (χ2n) is 8.47. The van der Waals surface area contributed by atoms with Crippen molar-refractivity contribution >= 4 is 17.6 Å². The number of aromatic nitrogens is 2. The van der Waals surface area contributed by atoms with Gasteiger partial charge in [-0.3, -0.25) is 14.3 Å². The number of anilines is 1. The summed E-state index contributed by atoms with van der Waals surface area (Å²) < 4.78 is 33.6. The molecule has 0 saturated carbocycles. The molecule has 0 spiro atoms. The first-order valence-electron chi connectivity index (χ1n) is 11.4. The van der Waals surface area contributed by atoms with Gasteiger partial charge in [-0.15, -0.1) is 0 Å². The Kier molecular flexibility index (Phi) is 8.65. The zero-order chi connectivity index (χ0) is 26.4. The van der Waals surface area contributed by atoms with Crippen molar-refractivity contribution < 1.29 is 28.2 Å². The Morgan fingerprint density at radius 3 is 2.47 bits per heavy atom. The van der Waals surface area contributed by atoms with Crippen LogP contribution in [0.2, 0.25) is 0 Å². The molecule has 0 radical (unpaired) electrons. The maximum atomic E-state index is 14.7. The Morgan fingerprint density at radius 1 is 1.17 bits per heavy atom. The minimum atomic E-state index is -0.712. The van der Waals surface area contributed by atoms with Gasteiger partial charge in [0.25, 0.3) is 11.8 Å². The number of rotatable bonds is 10. The van der Waals surface area contributed by atoms with Crippen LogP contribution in [0.1, 0.15) is 39.6 Å². The number of amides is 2. The molecule has 0 aliphatic heterocycles. The molecule has 10 heteroatoms. The zero-order valence-corrected chi connectivity index (χ0v) is 21.3. The number of methoxy groups -OCH3 is 1. The number of nitrogens with one attached hydrogen (secondary N) is 1. The molecule has 192 valence electrons. The first-order valence-corrected chi connectivity index (χ1v) is 11.4. The Balaban J connectivity index is 1.97. The van der Waals surface area contributed by atoms with E-state index in [1.54, 1.807) is 64.3 Å². The fraction of sp³-hybridized carbons (Fsp3) is 0.346. The van der Waals surface area contributed by atoms with Gasteiger partial charge in [-0.2, -0.15) is 5.10 Å². The third kappa shape index (κ3) is 6.39. The molecular formula is C26H31FN4O5. The third-order valence-electron chi connectivity index (χ3n) is 5.44. The molecule has 0 fully saturated rings. The van der Waals surface area contributed by atoms with E-state index in [1.165, 1.54) is 17.0 Å². The molecule has 0 bridgehead atoms. The average molecular weight is 499 g/mol. The normalized spacial score (nSPS) is 11.6. The monoisotopic (exact) mass is 498 g/mol. The van der Waals surface area contributed by atoms with Gasteiger partial charge in [-0.25, -0.2) is 4.39 Å². The minimum absolute atomic E-state index is 0.0677. The van der Waals surface area contributed by atoms with Crippen molar-refractivity contribution in [1.82, 2.24) is 14.7 Å². The molecule has 1 unspecified atom stereocenters. The summed E-state index contributed by atoms with van der Waals surface area (Å²) in [6.07, 6.45) is 2.15. The summed E-state index contributed by atoms with van der Waals surface area (Å²) in [5.74, 6) is -0.288. The van der Waals surface area contributed by atoms with E-state index in [0.29, 0.717) is 35.9 Å². The van der Waals surface area contributed by atoms with E-state index in [4.69, 9.17) is 14.2 Å². The summed E-state index contributed by atoms with van der Waals surface area (Å²) >= 11 is 0. The molecule has 1 atom stereocenters. The molecule has 1 N–H and O–H groups in total. The summed E-state index contributed by atoms with van der Waals surface area (Å²) in [5, 5.41) is 6.91. The Bertz CT molecular complexity index is 1240. The van der Waals surface area contributed by atoms with E-state index in [9.17, 15) is 14.0 Å². The highest BCUT2D eigenvalue weighted by atomic mass is 19.1. The van der Waals surface area contributed by atoms with Gasteiger partial charge in [0.2, 0.25) is 0 Å². The molecule has 36 heavy (non-hydrogen) atoms. The van der Waals surface area contributed by atoms with E-state index in [2.05, 4.69) is 10.4 Å². The number of halogens is 1. The second-order valence-corrected chi connectivity index (χ2v) is 8.47. The van der Waals surface area contributed by atoms with Crippen molar-refractivity contribution in [3.8, 4) is 17.2 Å². The minimum Gasteiger partial charge on any atom is -0.488 e. The lowest BCUT2D eigenvalue weighted by Gasteiger charge is -2.21. The first kappa shape index (κ1) is 26.7. The van der Waals surface area contributed by atoms with Crippen LogP contribution in [0.25, 0.3) is 0 Å². The molecule has 2 aromatic carbocycles. The van der Waals surface area contributed by atoms with Gasteiger partial charge in [0.05, 0.1) is 12.2 Å². The molecule has 1 heterocycles. The van der Waals surface area contributed by atoms with Crippen molar-refractivity contribution in [2.24, 2.45) is 7.05 Å². The molecule has 1 aromatic heterocycles. The van der Waals surface area contributed by atoms with Crippen LogP contribution < -0.4 is 14.8 Å². The molecule has 0 aliphatic rings. The second kappa shape index (κ2) is 11.7. The molecule has 0 aliphatic carbocycles. The molecule has 9 nitrogen and oxygen atoms in total. The molecule has 3 aromatic rings. The predicted molar refractivity (Wildman–Crippen MR) is 133 cm³/mol. The lowest BCUT2D eigenvalue weighted by atomic mass is 10.1. The van der Waals surface area contributed by atoms with Crippen molar-refractivity contribution in [1.29, 1.82) is 0 Å². The number of aryl methyl sites for hydroxylation is 1. The largest absolute Gasteiger partial charge is 0.488 e. The summed E-state index contributed by atoms with van der Waals surface area (Å²) in [4.78, 5) is 26.5. The van der Waals surface area contributed by atoms with Crippen molar-refractivity contribution in [3.05, 3.63) is 65.1 Å². The smallest absolute Gasteiger partial charge is 0.257 e. The molecule has 3 rings (SSSR count). The van der Waals surface area contributed by atoms with E-state index < -0.39 is 17.6 Å². The van der Waals surface area contributed by atoms with Crippen LogP contribution in [0.5, 0.6) is 17.2 Å². The van der Waals surface area contributed by atoms with Crippen LogP contribution in [0, 0.1) is 12.7 Å². The number of benzene rings is 2. The number of carbonyl (C=O) groups is 2. The fourth-order valence-corrected chi connectivity index (χ4v) is 3.39. The number of hydrogen-bond acceptors (Lipinski definition) is 6. The standard InChI is InChI=1S/C26H31FN4O5/c1-7-18(15-34-6)35-22-12-17(25(32)28-24-10-11-31(5)29-24)13-23(16(22)2)36-19-8-9-20(21(27)14-19)26(33)30(3)4/h8-14,18H,7,15H2,1-6H3,(H,28,29,32). The summed E-state index contributed by atoms with van der Waals surface area (Å²) in [5.41, 5.74) is 0.818. The Hall–Kier alpha value is -3.92. The third-order valence-corrected chi connectivity index (χ3v) is 5.44. The van der Waals surface area contributed by atoms with Crippen LogP contribution in [-0.4, -0.2) is 60.4 Å². The number of carbonyl (C=O) groups excluding carboxylic acids is 2. The molecule has 0 saturated heterocycles. The van der Waals surface area contributed by atoms with Gasteiger partial charge in [0.1, 0.15) is 29.2 Å². The fourth-order valence-electron chi connectivity index (χ4n) is 3.39. The predicted octanol–water partition coefficient (Wildman–Crippen LogP) is 4.42. The SMILES string of the molecule is CCC(COC)Oc1cc(C(=O)Nc2ccn(C)n2)cc(Oc2ccc(C(=O)N(C)C)c(F)c2)c1C. The van der Waals surface area contributed by atoms with Gasteiger partial charge < -0.3 is 24.4 Å². The zero-order valence-electron chi connectivity index (χ0n) is 21.3. The lowest BCUT2D eigenvalue weighted by Crippen LogP contribution is -2.22. The van der Waals surface area contributed by atoms with Gasteiger partial charge >= 0.3 is 0 Å². The topological polar surface area (TPSA) is 94.9 Å². The maximum Gasteiger partial charge on any atom is 0.257 e. The van der Waals surface area contributed by atoms with Crippen LogP contribution in [0.4, 0.5) is 10.2 Å². The van der Waals surface area contributed by atoms with Gasteiger partial charge in [0, 0.05) is 57.7 Å². The quantitative estimate of drug-likeness (QED) is 0.445. The van der Waals surface area contributed by atoms with Gasteiger partial charge in [-0.05, 0) is 37.6 Å². The Labute approximate surface area is 209 Å². The summed E-state index contributed by atoms with van der Waals surface area (Å²) in [7, 11) is 6.43. The first-order chi connectivity index (χ1) is 17.1.